The quantitative estimate of drug-likeness (QED) is 0.712. The van der Waals surface area contributed by atoms with Gasteiger partial charge in [0.2, 0.25) is 0 Å². The Hall–Kier alpha value is -2.56. The van der Waals surface area contributed by atoms with Gasteiger partial charge >= 0.3 is 6.18 Å². The summed E-state index contributed by atoms with van der Waals surface area (Å²) in [6.45, 7) is 1.48. The minimum atomic E-state index is -4.65. The third-order valence-electron chi connectivity index (χ3n) is 3.21. The molecule has 7 nitrogen and oxygen atoms in total. The minimum absolute atomic E-state index is 0.0419. The highest BCUT2D eigenvalue weighted by molar-refractivity contribution is 7.91. The van der Waals surface area contributed by atoms with E-state index in [0.29, 0.717) is 6.20 Å². The highest BCUT2D eigenvalue weighted by Crippen LogP contribution is 2.28. The molecule has 0 saturated carbocycles. The van der Waals surface area contributed by atoms with Crippen LogP contribution in [0.4, 0.5) is 13.2 Å². The van der Waals surface area contributed by atoms with Gasteiger partial charge in [0.25, 0.3) is 5.78 Å². The fourth-order valence-corrected chi connectivity index (χ4v) is 3.06. The number of rotatable bonds is 3. The average molecular weight is 357 g/mol. The van der Waals surface area contributed by atoms with Crippen molar-refractivity contribution >= 4 is 15.6 Å². The van der Waals surface area contributed by atoms with E-state index in [9.17, 15) is 21.6 Å². The van der Waals surface area contributed by atoms with Gasteiger partial charge in [0, 0.05) is 6.20 Å². The monoisotopic (exact) mass is 357 g/mol. The Morgan fingerprint density at radius 2 is 2.00 bits per heavy atom. The van der Waals surface area contributed by atoms with E-state index in [0.717, 1.165) is 4.52 Å². The normalized spacial score (nSPS) is 12.7. The van der Waals surface area contributed by atoms with Gasteiger partial charge in [-0.25, -0.2) is 22.9 Å². The second-order valence-corrected chi connectivity index (χ2v) is 7.01. The molecule has 0 aromatic carbocycles. The van der Waals surface area contributed by atoms with Crippen LogP contribution >= 0.6 is 0 Å². The molecule has 0 bridgehead atoms. The summed E-state index contributed by atoms with van der Waals surface area (Å²) in [4.78, 5) is 11.3. The first kappa shape index (κ1) is 16.3. The third-order valence-corrected chi connectivity index (χ3v) is 4.97. The van der Waals surface area contributed by atoms with E-state index in [1.807, 2.05) is 0 Å². The maximum Gasteiger partial charge on any atom is 0.435 e. The highest BCUT2D eigenvalue weighted by Gasteiger charge is 2.33. The first-order chi connectivity index (χ1) is 11.2. The van der Waals surface area contributed by atoms with Crippen molar-refractivity contribution in [2.75, 3.05) is 5.75 Å². The second-order valence-electron chi connectivity index (χ2n) is 4.76. The predicted molar refractivity (Wildman–Crippen MR) is 76.7 cm³/mol. The van der Waals surface area contributed by atoms with Gasteiger partial charge in [-0.3, -0.25) is 4.98 Å². The van der Waals surface area contributed by atoms with E-state index in [2.05, 4.69) is 20.1 Å². The van der Waals surface area contributed by atoms with Crippen LogP contribution in [-0.4, -0.2) is 38.7 Å². The summed E-state index contributed by atoms with van der Waals surface area (Å²) in [5.41, 5.74) is -1.07. The summed E-state index contributed by atoms with van der Waals surface area (Å²) >= 11 is 0. The Morgan fingerprint density at radius 3 is 2.67 bits per heavy atom. The van der Waals surface area contributed by atoms with E-state index in [-0.39, 0.29) is 27.8 Å². The number of halogens is 3. The molecule has 0 saturated heterocycles. The van der Waals surface area contributed by atoms with Crippen LogP contribution in [0.3, 0.4) is 0 Å². The highest BCUT2D eigenvalue weighted by atomic mass is 32.2. The number of fused-ring (bicyclic) bond motifs is 1. The predicted octanol–water partition coefficient (Wildman–Crippen LogP) is 2.00. The Labute approximate surface area is 134 Å². The zero-order valence-corrected chi connectivity index (χ0v) is 13.0. The molecule has 24 heavy (non-hydrogen) atoms. The van der Waals surface area contributed by atoms with Crippen molar-refractivity contribution in [2.24, 2.45) is 0 Å². The fraction of sp³-hybridized carbons (Fsp3) is 0.231. The van der Waals surface area contributed by atoms with Gasteiger partial charge < -0.3 is 0 Å². The Morgan fingerprint density at radius 1 is 1.25 bits per heavy atom. The summed E-state index contributed by atoms with van der Waals surface area (Å²) < 4.78 is 63.4. The van der Waals surface area contributed by atoms with Gasteiger partial charge in [0.15, 0.2) is 15.5 Å². The van der Waals surface area contributed by atoms with E-state index >= 15 is 0 Å². The third kappa shape index (κ3) is 2.82. The van der Waals surface area contributed by atoms with Crippen LogP contribution in [0, 0.1) is 0 Å². The van der Waals surface area contributed by atoms with E-state index < -0.39 is 21.7 Å². The topological polar surface area (TPSA) is 90.1 Å². The molecule has 0 aliphatic rings. The SMILES string of the molecule is CCS(=O)(=O)c1cccnc1-c1cn2ncc(C(F)(F)F)nc2n1. The molecule has 3 aromatic rings. The molecule has 0 N–H and O–H groups in total. The zero-order chi connectivity index (χ0) is 17.5. The Balaban J connectivity index is 2.18. The maximum absolute atomic E-state index is 12.7. The number of aromatic nitrogens is 5. The molecule has 0 aliphatic carbocycles. The number of alkyl halides is 3. The van der Waals surface area contributed by atoms with Crippen molar-refractivity contribution in [3.63, 3.8) is 0 Å². The minimum Gasteiger partial charge on any atom is -0.253 e. The molecule has 0 aliphatic heterocycles. The molecular weight excluding hydrogens is 347 g/mol. The molecular formula is C13H10F3N5O2S. The van der Waals surface area contributed by atoms with Crippen molar-refractivity contribution < 1.29 is 21.6 Å². The Bertz CT molecular complexity index is 1010. The number of nitrogens with zero attached hydrogens (tertiary/aromatic N) is 5. The molecule has 3 heterocycles. The number of pyridine rings is 1. The molecule has 3 aromatic heterocycles. The smallest absolute Gasteiger partial charge is 0.253 e. The molecule has 11 heteroatoms. The lowest BCUT2D eigenvalue weighted by atomic mass is 10.3. The van der Waals surface area contributed by atoms with Crippen molar-refractivity contribution in [3.8, 4) is 11.4 Å². The molecule has 0 radical (unpaired) electrons. The second kappa shape index (κ2) is 5.51. The summed E-state index contributed by atoms with van der Waals surface area (Å²) in [6.07, 6.45) is -1.43. The maximum atomic E-state index is 12.7. The van der Waals surface area contributed by atoms with Crippen LogP contribution in [0.15, 0.2) is 35.6 Å². The van der Waals surface area contributed by atoms with Gasteiger partial charge in [-0.1, -0.05) is 6.92 Å². The molecule has 0 fully saturated rings. The van der Waals surface area contributed by atoms with Crippen LogP contribution in [0.2, 0.25) is 0 Å². The van der Waals surface area contributed by atoms with Gasteiger partial charge in [-0.15, -0.1) is 0 Å². The first-order valence-electron chi connectivity index (χ1n) is 6.70. The standard InChI is InChI=1S/C13H10F3N5O2S/c1-2-24(22,23)9-4-3-5-17-11(9)8-7-21-12(19-8)20-10(6-18-21)13(14,15)16/h3-7H,2H2,1H3. The zero-order valence-electron chi connectivity index (χ0n) is 12.2. The number of imidazole rings is 1. The van der Waals surface area contributed by atoms with Gasteiger partial charge in [-0.05, 0) is 12.1 Å². The number of hydrogen-bond acceptors (Lipinski definition) is 6. The van der Waals surface area contributed by atoms with Crippen LogP contribution in [-0.2, 0) is 16.0 Å². The van der Waals surface area contributed by atoms with E-state index in [4.69, 9.17) is 0 Å². The van der Waals surface area contributed by atoms with E-state index in [1.54, 1.807) is 0 Å². The number of hydrogen-bond donors (Lipinski definition) is 0. The lowest BCUT2D eigenvalue weighted by molar-refractivity contribution is -0.141. The molecule has 0 amide bonds. The van der Waals surface area contributed by atoms with Gasteiger partial charge in [0.1, 0.15) is 11.4 Å². The van der Waals surface area contributed by atoms with Gasteiger partial charge in [0.05, 0.1) is 23.0 Å². The molecule has 0 spiro atoms. The number of sulfone groups is 1. The lowest BCUT2D eigenvalue weighted by Gasteiger charge is -2.05. The molecule has 3 rings (SSSR count). The molecule has 0 atom stereocenters. The summed E-state index contributed by atoms with van der Waals surface area (Å²) in [6, 6.07) is 2.83. The Kier molecular flexibility index (Phi) is 3.74. The van der Waals surface area contributed by atoms with E-state index in [1.165, 1.54) is 31.5 Å². The van der Waals surface area contributed by atoms with Crippen molar-refractivity contribution in [1.29, 1.82) is 0 Å². The van der Waals surface area contributed by atoms with Crippen LogP contribution in [0.5, 0.6) is 0 Å². The van der Waals surface area contributed by atoms with Crippen molar-refractivity contribution in [3.05, 3.63) is 36.4 Å². The molecule has 0 unspecified atom stereocenters. The average Bonchev–Trinajstić information content (AvgIpc) is 2.97. The lowest BCUT2D eigenvalue weighted by Crippen LogP contribution is -2.10. The van der Waals surface area contributed by atoms with Crippen LogP contribution in [0.1, 0.15) is 12.6 Å². The first-order valence-corrected chi connectivity index (χ1v) is 8.35. The van der Waals surface area contributed by atoms with Crippen LogP contribution in [0.25, 0.3) is 17.2 Å². The molecule has 126 valence electrons. The fourth-order valence-electron chi connectivity index (χ4n) is 2.02. The summed E-state index contributed by atoms with van der Waals surface area (Å²) in [5.74, 6) is -0.446. The van der Waals surface area contributed by atoms with Crippen LogP contribution < -0.4 is 0 Å². The summed E-state index contributed by atoms with van der Waals surface area (Å²) in [5, 5.41) is 3.60. The van der Waals surface area contributed by atoms with Gasteiger partial charge in [-0.2, -0.15) is 18.3 Å². The van der Waals surface area contributed by atoms with Crippen molar-refractivity contribution in [1.82, 2.24) is 24.6 Å². The summed E-state index contributed by atoms with van der Waals surface area (Å²) in [7, 11) is -3.58. The largest absolute Gasteiger partial charge is 0.435 e. The van der Waals surface area contributed by atoms with Crippen molar-refractivity contribution in [2.45, 2.75) is 18.0 Å².